The first-order valence-corrected chi connectivity index (χ1v) is 6.48. The van der Waals surface area contributed by atoms with Crippen molar-refractivity contribution in [1.82, 2.24) is 15.0 Å². The summed E-state index contributed by atoms with van der Waals surface area (Å²) >= 11 is 0. The van der Waals surface area contributed by atoms with Gasteiger partial charge in [-0.2, -0.15) is 0 Å². The van der Waals surface area contributed by atoms with E-state index >= 15 is 0 Å². The number of esters is 1. The van der Waals surface area contributed by atoms with E-state index in [0.29, 0.717) is 22.4 Å². The molecule has 0 amide bonds. The maximum absolute atomic E-state index is 12.0. The van der Waals surface area contributed by atoms with Gasteiger partial charge in [0.15, 0.2) is 11.9 Å². The average molecular weight is 283 g/mol. The normalized spacial score (nSPS) is 12.2. The lowest BCUT2D eigenvalue weighted by molar-refractivity contribution is 0.0314. The Hall–Kier alpha value is -2.89. The monoisotopic (exact) mass is 283 g/mol. The van der Waals surface area contributed by atoms with Gasteiger partial charge in [0, 0.05) is 6.20 Å². The zero-order chi connectivity index (χ0) is 14.8. The summed E-state index contributed by atoms with van der Waals surface area (Å²) in [5.74, 6) is -0.179. The van der Waals surface area contributed by atoms with E-state index in [1.807, 2.05) is 0 Å². The Morgan fingerprint density at radius 1 is 1.24 bits per heavy atom. The Morgan fingerprint density at radius 3 is 2.81 bits per heavy atom. The Kier molecular flexibility index (Phi) is 3.27. The molecular weight excluding hydrogens is 270 g/mol. The Balaban J connectivity index is 1.89. The molecule has 2 aromatic heterocycles. The molecule has 3 aromatic rings. The van der Waals surface area contributed by atoms with Crippen LogP contribution in [0.3, 0.4) is 0 Å². The van der Waals surface area contributed by atoms with Crippen LogP contribution in [0.4, 0.5) is 0 Å². The molecule has 0 saturated carbocycles. The first kappa shape index (κ1) is 13.1. The Bertz CT molecular complexity index is 837. The van der Waals surface area contributed by atoms with Gasteiger partial charge in [0.05, 0.1) is 10.9 Å². The number of rotatable bonds is 3. The minimum atomic E-state index is -0.655. The van der Waals surface area contributed by atoms with Crippen LogP contribution in [-0.4, -0.2) is 20.9 Å². The first-order valence-electron chi connectivity index (χ1n) is 6.48. The number of fused-ring (bicyclic) bond motifs is 1. The Morgan fingerprint density at radius 2 is 2.05 bits per heavy atom. The fourth-order valence-corrected chi connectivity index (χ4v) is 2.03. The molecule has 0 aliphatic rings. The zero-order valence-electron chi connectivity index (χ0n) is 11.3. The summed E-state index contributed by atoms with van der Waals surface area (Å²) in [6.07, 6.45) is 0.982. The van der Waals surface area contributed by atoms with Crippen molar-refractivity contribution in [2.45, 2.75) is 13.0 Å². The van der Waals surface area contributed by atoms with Crippen molar-refractivity contribution in [2.75, 3.05) is 0 Å². The number of nitrogens with zero attached hydrogens (tertiary/aromatic N) is 1. The number of para-hydroxylation sites is 1. The second-order valence-electron chi connectivity index (χ2n) is 4.60. The highest BCUT2D eigenvalue weighted by molar-refractivity contribution is 5.87. The number of carbonyl (C=O) groups excluding carboxylic acids is 1. The molecule has 6 heteroatoms. The van der Waals surface area contributed by atoms with E-state index in [2.05, 4.69) is 15.0 Å². The highest BCUT2D eigenvalue weighted by Crippen LogP contribution is 2.15. The van der Waals surface area contributed by atoms with Crippen LogP contribution in [-0.2, 0) is 4.74 Å². The van der Waals surface area contributed by atoms with Crippen molar-refractivity contribution in [1.29, 1.82) is 0 Å². The van der Waals surface area contributed by atoms with E-state index in [1.165, 1.54) is 0 Å². The van der Waals surface area contributed by atoms with Crippen LogP contribution < -0.4 is 5.56 Å². The molecule has 0 aliphatic carbocycles. The van der Waals surface area contributed by atoms with Crippen molar-refractivity contribution < 1.29 is 9.53 Å². The number of ether oxygens (including phenoxy) is 1. The lowest BCUT2D eigenvalue weighted by atomic mass is 10.2. The van der Waals surface area contributed by atoms with Crippen LogP contribution in [0.2, 0.25) is 0 Å². The molecule has 6 nitrogen and oxygen atoms in total. The van der Waals surface area contributed by atoms with Crippen LogP contribution in [0.25, 0.3) is 10.9 Å². The molecule has 2 N–H and O–H groups in total. The number of aromatic amines is 2. The fraction of sp³-hybridized carbons (Fsp3) is 0.133. The van der Waals surface area contributed by atoms with Crippen molar-refractivity contribution >= 4 is 16.9 Å². The molecule has 2 heterocycles. The number of carbonyl (C=O) groups is 1. The summed E-state index contributed by atoms with van der Waals surface area (Å²) in [5.41, 5.74) is 0.669. The van der Waals surface area contributed by atoms with E-state index in [-0.39, 0.29) is 5.56 Å². The lowest BCUT2D eigenvalue weighted by Crippen LogP contribution is -2.17. The predicted molar refractivity (Wildman–Crippen MR) is 77.0 cm³/mol. The minimum absolute atomic E-state index is 0.252. The number of H-pyrrole nitrogens is 2. The van der Waals surface area contributed by atoms with Gasteiger partial charge in [-0.05, 0) is 31.2 Å². The highest BCUT2D eigenvalue weighted by atomic mass is 16.5. The van der Waals surface area contributed by atoms with Gasteiger partial charge in [0.2, 0.25) is 0 Å². The van der Waals surface area contributed by atoms with Crippen molar-refractivity contribution in [3.8, 4) is 0 Å². The van der Waals surface area contributed by atoms with Gasteiger partial charge in [-0.3, -0.25) is 4.79 Å². The van der Waals surface area contributed by atoms with Crippen LogP contribution in [0.15, 0.2) is 47.4 Å². The number of aromatic nitrogens is 3. The fourth-order valence-electron chi connectivity index (χ4n) is 2.03. The topological polar surface area (TPSA) is 87.8 Å². The maximum Gasteiger partial charge on any atom is 0.355 e. The van der Waals surface area contributed by atoms with Crippen LogP contribution in [0.5, 0.6) is 0 Å². The van der Waals surface area contributed by atoms with Crippen molar-refractivity contribution in [2.24, 2.45) is 0 Å². The number of hydrogen-bond acceptors (Lipinski definition) is 4. The zero-order valence-corrected chi connectivity index (χ0v) is 11.3. The summed E-state index contributed by atoms with van der Waals surface area (Å²) in [5, 5.41) is 0.504. The molecule has 0 bridgehead atoms. The summed E-state index contributed by atoms with van der Waals surface area (Å²) in [6.45, 7) is 1.66. The number of nitrogens with one attached hydrogen (secondary N) is 2. The predicted octanol–water partition coefficient (Wildman–Crippen LogP) is 2.17. The molecule has 21 heavy (non-hydrogen) atoms. The van der Waals surface area contributed by atoms with Gasteiger partial charge < -0.3 is 14.7 Å². The molecule has 0 unspecified atom stereocenters. The van der Waals surface area contributed by atoms with E-state index in [0.717, 1.165) is 0 Å². The van der Waals surface area contributed by atoms with Gasteiger partial charge in [-0.15, -0.1) is 0 Å². The smallest absolute Gasteiger partial charge is 0.355 e. The molecule has 0 radical (unpaired) electrons. The largest absolute Gasteiger partial charge is 0.450 e. The van der Waals surface area contributed by atoms with Crippen molar-refractivity contribution in [3.63, 3.8) is 0 Å². The van der Waals surface area contributed by atoms with Gasteiger partial charge in [0.1, 0.15) is 5.69 Å². The van der Waals surface area contributed by atoms with E-state index in [4.69, 9.17) is 4.74 Å². The van der Waals surface area contributed by atoms with Crippen LogP contribution in [0, 0.1) is 0 Å². The average Bonchev–Trinajstić information content (AvgIpc) is 3.01. The number of hydrogen-bond donors (Lipinski definition) is 2. The third-order valence-corrected chi connectivity index (χ3v) is 3.12. The molecule has 106 valence electrons. The highest BCUT2D eigenvalue weighted by Gasteiger charge is 2.17. The summed E-state index contributed by atoms with van der Waals surface area (Å²) < 4.78 is 5.28. The van der Waals surface area contributed by atoms with E-state index in [9.17, 15) is 9.59 Å². The molecule has 0 fully saturated rings. The minimum Gasteiger partial charge on any atom is -0.450 e. The first-order chi connectivity index (χ1) is 10.1. The molecule has 1 aromatic carbocycles. The standard InChI is InChI=1S/C15H13N3O3/c1-9(21-15(20)12-7-4-8-16-12)13-17-11-6-3-2-5-10(11)14(19)18-13/h2-9,16H,1H3,(H,17,18,19)/t9-/m1/s1. The van der Waals surface area contributed by atoms with Gasteiger partial charge in [0.25, 0.3) is 5.56 Å². The second kappa shape index (κ2) is 5.24. The molecule has 0 saturated heterocycles. The molecule has 1 atom stereocenters. The van der Waals surface area contributed by atoms with Gasteiger partial charge in [-0.25, -0.2) is 9.78 Å². The molecule has 0 spiro atoms. The quantitative estimate of drug-likeness (QED) is 0.721. The van der Waals surface area contributed by atoms with Crippen molar-refractivity contribution in [3.05, 3.63) is 64.5 Å². The third kappa shape index (κ3) is 2.55. The van der Waals surface area contributed by atoms with Gasteiger partial charge in [-0.1, -0.05) is 12.1 Å². The second-order valence-corrected chi connectivity index (χ2v) is 4.60. The van der Waals surface area contributed by atoms with Crippen LogP contribution in [0.1, 0.15) is 29.3 Å². The third-order valence-electron chi connectivity index (χ3n) is 3.12. The van der Waals surface area contributed by atoms with Crippen LogP contribution >= 0.6 is 0 Å². The van der Waals surface area contributed by atoms with Gasteiger partial charge >= 0.3 is 5.97 Å². The van der Waals surface area contributed by atoms with E-state index < -0.39 is 12.1 Å². The molecular formula is C15H13N3O3. The molecule has 0 aliphatic heterocycles. The summed E-state index contributed by atoms with van der Waals surface area (Å²) in [6, 6.07) is 10.3. The van der Waals surface area contributed by atoms with E-state index in [1.54, 1.807) is 49.5 Å². The number of benzene rings is 1. The summed E-state index contributed by atoms with van der Waals surface area (Å²) in [7, 11) is 0. The lowest BCUT2D eigenvalue weighted by Gasteiger charge is -2.12. The SMILES string of the molecule is C[C@@H](OC(=O)c1ccc[nH]1)c1nc2ccccc2c(=O)[nH]1. The molecule has 3 rings (SSSR count). The Labute approximate surface area is 119 Å². The summed E-state index contributed by atoms with van der Waals surface area (Å²) in [4.78, 5) is 33.6. The maximum atomic E-state index is 12.0.